The van der Waals surface area contributed by atoms with Crippen LogP contribution in [0.15, 0.2) is 41.1 Å². The molecular formula is C15H18Cl3N3O2. The first kappa shape index (κ1) is 19.8. The van der Waals surface area contributed by atoms with Crippen molar-refractivity contribution in [1.82, 2.24) is 15.4 Å². The van der Waals surface area contributed by atoms with Gasteiger partial charge in [0.1, 0.15) is 6.26 Å². The highest BCUT2D eigenvalue weighted by Crippen LogP contribution is 2.25. The highest BCUT2D eigenvalue weighted by atomic mass is 35.5. The fraction of sp³-hybridized carbons (Fsp3) is 0.333. The van der Waals surface area contributed by atoms with E-state index in [-0.39, 0.29) is 43.2 Å². The van der Waals surface area contributed by atoms with E-state index in [0.717, 1.165) is 18.7 Å². The van der Waals surface area contributed by atoms with Crippen LogP contribution in [-0.4, -0.2) is 35.6 Å². The number of aromatic nitrogens is 1. The molecule has 1 aliphatic heterocycles. The number of hydrogen-bond donors (Lipinski definition) is 1. The second-order valence-corrected chi connectivity index (χ2v) is 5.47. The van der Waals surface area contributed by atoms with Gasteiger partial charge in [-0.05, 0) is 17.7 Å². The SMILES string of the molecule is Cl.Cl.O=C(Cc1ccon1)N1CCNCC1c1cccc(Cl)c1. The molecule has 1 unspecified atom stereocenters. The maximum atomic E-state index is 12.5. The number of benzene rings is 1. The lowest BCUT2D eigenvalue weighted by Gasteiger charge is -2.36. The summed E-state index contributed by atoms with van der Waals surface area (Å²) in [4.78, 5) is 14.4. The van der Waals surface area contributed by atoms with Crippen molar-refractivity contribution >= 4 is 42.3 Å². The lowest BCUT2D eigenvalue weighted by Crippen LogP contribution is -2.49. The minimum absolute atomic E-state index is 0. The predicted molar refractivity (Wildman–Crippen MR) is 93.5 cm³/mol. The Labute approximate surface area is 152 Å². The molecule has 1 aliphatic rings. The molecule has 0 aliphatic carbocycles. The standard InChI is InChI=1S/C15H16ClN3O2.2ClH/c16-12-3-1-2-11(8-12)14-10-17-5-6-19(14)15(20)9-13-4-7-21-18-13;;/h1-4,7-8,14,17H,5-6,9-10H2;2*1H. The average molecular weight is 379 g/mol. The number of carbonyl (C=O) groups excluding carboxylic acids is 1. The van der Waals surface area contributed by atoms with E-state index >= 15 is 0 Å². The second-order valence-electron chi connectivity index (χ2n) is 5.03. The third-order valence-corrected chi connectivity index (χ3v) is 3.86. The molecule has 2 heterocycles. The molecule has 1 N–H and O–H groups in total. The van der Waals surface area contributed by atoms with Gasteiger partial charge >= 0.3 is 0 Å². The third-order valence-electron chi connectivity index (χ3n) is 3.62. The van der Waals surface area contributed by atoms with E-state index in [1.807, 2.05) is 29.2 Å². The summed E-state index contributed by atoms with van der Waals surface area (Å²) in [5, 5.41) is 7.81. The number of piperazine rings is 1. The monoisotopic (exact) mass is 377 g/mol. The van der Waals surface area contributed by atoms with Gasteiger partial charge in [-0.3, -0.25) is 4.79 Å². The Morgan fingerprint density at radius 2 is 2.22 bits per heavy atom. The lowest BCUT2D eigenvalue weighted by molar-refractivity contribution is -0.133. The smallest absolute Gasteiger partial charge is 0.229 e. The van der Waals surface area contributed by atoms with Crippen molar-refractivity contribution in [1.29, 1.82) is 0 Å². The van der Waals surface area contributed by atoms with E-state index in [1.165, 1.54) is 6.26 Å². The molecule has 1 amide bonds. The molecule has 0 radical (unpaired) electrons. The van der Waals surface area contributed by atoms with Gasteiger partial charge in [0.15, 0.2) is 0 Å². The van der Waals surface area contributed by atoms with Crippen LogP contribution in [0.4, 0.5) is 0 Å². The molecule has 1 atom stereocenters. The first-order valence-electron chi connectivity index (χ1n) is 6.89. The molecule has 126 valence electrons. The zero-order chi connectivity index (χ0) is 14.7. The number of amides is 1. The molecule has 2 aromatic rings. The molecule has 0 spiro atoms. The summed E-state index contributed by atoms with van der Waals surface area (Å²) in [7, 11) is 0. The van der Waals surface area contributed by atoms with Crippen LogP contribution in [0.3, 0.4) is 0 Å². The summed E-state index contributed by atoms with van der Waals surface area (Å²) in [6.45, 7) is 2.19. The fourth-order valence-electron chi connectivity index (χ4n) is 2.60. The van der Waals surface area contributed by atoms with Gasteiger partial charge in [-0.15, -0.1) is 24.8 Å². The molecular weight excluding hydrogens is 361 g/mol. The summed E-state index contributed by atoms with van der Waals surface area (Å²) in [5.74, 6) is 0.0513. The van der Waals surface area contributed by atoms with Crippen molar-refractivity contribution < 1.29 is 9.32 Å². The minimum Gasteiger partial charge on any atom is -0.364 e. The Morgan fingerprint density at radius 3 is 2.91 bits per heavy atom. The number of nitrogens with one attached hydrogen (secondary N) is 1. The van der Waals surface area contributed by atoms with Gasteiger partial charge in [0.2, 0.25) is 5.91 Å². The Kier molecular flexibility index (Phi) is 7.85. The van der Waals surface area contributed by atoms with Gasteiger partial charge < -0.3 is 14.7 Å². The van der Waals surface area contributed by atoms with Crippen LogP contribution in [0.2, 0.25) is 5.02 Å². The summed E-state index contributed by atoms with van der Waals surface area (Å²) in [5.41, 5.74) is 1.70. The number of nitrogens with zero attached hydrogens (tertiary/aromatic N) is 2. The van der Waals surface area contributed by atoms with Gasteiger partial charge in [-0.2, -0.15) is 0 Å². The van der Waals surface area contributed by atoms with Crippen LogP contribution >= 0.6 is 36.4 Å². The topological polar surface area (TPSA) is 58.4 Å². The van der Waals surface area contributed by atoms with Crippen molar-refractivity contribution in [2.75, 3.05) is 19.6 Å². The Morgan fingerprint density at radius 1 is 1.39 bits per heavy atom. The van der Waals surface area contributed by atoms with E-state index in [1.54, 1.807) is 6.07 Å². The third kappa shape index (κ3) is 4.85. The van der Waals surface area contributed by atoms with Gasteiger partial charge in [-0.1, -0.05) is 28.9 Å². The van der Waals surface area contributed by atoms with Crippen molar-refractivity contribution in [3.8, 4) is 0 Å². The molecule has 1 fully saturated rings. The number of carbonyl (C=O) groups is 1. The summed E-state index contributed by atoms with van der Waals surface area (Å²) >= 11 is 6.06. The first-order valence-corrected chi connectivity index (χ1v) is 7.27. The molecule has 1 aromatic carbocycles. The fourth-order valence-corrected chi connectivity index (χ4v) is 2.80. The van der Waals surface area contributed by atoms with Gasteiger partial charge in [-0.25, -0.2) is 0 Å². The van der Waals surface area contributed by atoms with Crippen LogP contribution in [0.25, 0.3) is 0 Å². The number of rotatable bonds is 3. The molecule has 0 bridgehead atoms. The van der Waals surface area contributed by atoms with Gasteiger partial charge in [0, 0.05) is 30.7 Å². The molecule has 8 heteroatoms. The van der Waals surface area contributed by atoms with Crippen LogP contribution in [0.5, 0.6) is 0 Å². The highest BCUT2D eigenvalue weighted by Gasteiger charge is 2.28. The maximum Gasteiger partial charge on any atom is 0.229 e. The zero-order valence-electron chi connectivity index (χ0n) is 12.3. The van der Waals surface area contributed by atoms with Crippen molar-refractivity contribution in [2.45, 2.75) is 12.5 Å². The maximum absolute atomic E-state index is 12.5. The van der Waals surface area contributed by atoms with Crippen LogP contribution in [-0.2, 0) is 11.2 Å². The normalized spacial score (nSPS) is 17.1. The minimum atomic E-state index is -0.00292. The predicted octanol–water partition coefficient (Wildman–Crippen LogP) is 2.89. The van der Waals surface area contributed by atoms with Crippen LogP contribution in [0.1, 0.15) is 17.3 Å². The molecule has 23 heavy (non-hydrogen) atoms. The van der Waals surface area contributed by atoms with Crippen molar-refractivity contribution in [3.05, 3.63) is 52.9 Å². The van der Waals surface area contributed by atoms with Gasteiger partial charge in [0.05, 0.1) is 18.2 Å². The van der Waals surface area contributed by atoms with Crippen LogP contribution < -0.4 is 5.32 Å². The summed E-state index contributed by atoms with van der Waals surface area (Å²) in [6, 6.07) is 9.37. The molecule has 5 nitrogen and oxygen atoms in total. The molecule has 1 aromatic heterocycles. The van der Waals surface area contributed by atoms with E-state index in [2.05, 4.69) is 10.5 Å². The van der Waals surface area contributed by atoms with Gasteiger partial charge in [0.25, 0.3) is 0 Å². The summed E-state index contributed by atoms with van der Waals surface area (Å²) in [6.07, 6.45) is 1.74. The van der Waals surface area contributed by atoms with Crippen molar-refractivity contribution in [2.24, 2.45) is 0 Å². The average Bonchev–Trinajstić information content (AvgIpc) is 3.00. The molecule has 1 saturated heterocycles. The van der Waals surface area contributed by atoms with E-state index < -0.39 is 0 Å². The molecule has 3 rings (SSSR count). The van der Waals surface area contributed by atoms with Crippen LogP contribution in [0, 0.1) is 0 Å². The largest absolute Gasteiger partial charge is 0.364 e. The van der Waals surface area contributed by atoms with E-state index in [0.29, 0.717) is 17.3 Å². The second kappa shape index (κ2) is 9.13. The quantitative estimate of drug-likeness (QED) is 0.892. The first-order chi connectivity index (χ1) is 10.2. The van der Waals surface area contributed by atoms with Crippen molar-refractivity contribution in [3.63, 3.8) is 0 Å². The zero-order valence-corrected chi connectivity index (χ0v) is 14.7. The number of hydrogen-bond acceptors (Lipinski definition) is 4. The van der Waals surface area contributed by atoms with E-state index in [4.69, 9.17) is 16.1 Å². The Bertz CT molecular complexity index is 622. The number of halogens is 3. The van der Waals surface area contributed by atoms with E-state index in [9.17, 15) is 4.79 Å². The Hall–Kier alpha value is -1.27. The summed E-state index contributed by atoms with van der Waals surface area (Å²) < 4.78 is 4.78. The lowest BCUT2D eigenvalue weighted by atomic mass is 10.0. The highest BCUT2D eigenvalue weighted by molar-refractivity contribution is 6.30. The Balaban J connectivity index is 0.00000132. The molecule has 0 saturated carbocycles.